The minimum Gasteiger partial charge on any atom is -0.450 e. The molecule has 6 nitrogen and oxygen atoms in total. The highest BCUT2D eigenvalue weighted by Crippen LogP contribution is 2.27. The minimum atomic E-state index is -4.40. The van der Waals surface area contributed by atoms with E-state index < -0.39 is 33.4 Å². The summed E-state index contributed by atoms with van der Waals surface area (Å²) in [5.41, 5.74) is 0. The third kappa shape index (κ3) is 5.42. The number of hydrogen-bond acceptors (Lipinski definition) is 5. The minimum absolute atomic E-state index is 0.0936. The van der Waals surface area contributed by atoms with Crippen LogP contribution in [-0.4, -0.2) is 27.7 Å². The average molecular weight is 371 g/mol. The van der Waals surface area contributed by atoms with Crippen molar-refractivity contribution >= 4 is 16.1 Å². The van der Waals surface area contributed by atoms with Crippen LogP contribution in [0.25, 0.3) is 0 Å². The van der Waals surface area contributed by atoms with Crippen molar-refractivity contribution in [2.24, 2.45) is 4.40 Å². The third-order valence-corrected chi connectivity index (χ3v) is 4.04. The van der Waals surface area contributed by atoms with Crippen LogP contribution in [0.5, 0.6) is 11.5 Å². The summed E-state index contributed by atoms with van der Waals surface area (Å²) in [6, 6.07) is 13.2. The monoisotopic (exact) mass is 371 g/mol. The number of alkyl halides is 2. The number of benzene rings is 2. The van der Waals surface area contributed by atoms with Crippen molar-refractivity contribution in [3.05, 3.63) is 54.6 Å². The van der Waals surface area contributed by atoms with Crippen molar-refractivity contribution in [3.63, 3.8) is 0 Å². The van der Waals surface area contributed by atoms with Crippen LogP contribution >= 0.6 is 0 Å². The van der Waals surface area contributed by atoms with Gasteiger partial charge in [-0.3, -0.25) is 0 Å². The Labute approximate surface area is 143 Å². The first-order chi connectivity index (χ1) is 11.9. The highest BCUT2D eigenvalue weighted by Gasteiger charge is 2.23. The molecule has 134 valence electrons. The normalized spacial score (nSPS) is 12.1. The van der Waals surface area contributed by atoms with Crippen LogP contribution in [0, 0.1) is 0 Å². The number of ether oxygens (including phenoxy) is 3. The fourth-order valence-electron chi connectivity index (χ4n) is 1.79. The number of nitrogens with zero attached hydrogens (tertiary/aromatic N) is 1. The maximum absolute atomic E-state index is 12.5. The Morgan fingerprint density at radius 3 is 2.36 bits per heavy atom. The molecule has 0 unspecified atom stereocenters. The summed E-state index contributed by atoms with van der Waals surface area (Å²) < 4.78 is 67.8. The second-order valence-corrected chi connectivity index (χ2v) is 6.08. The van der Waals surface area contributed by atoms with E-state index in [0.717, 1.165) is 12.1 Å². The average Bonchev–Trinajstić information content (AvgIpc) is 2.55. The fourth-order valence-corrected chi connectivity index (χ4v) is 2.80. The van der Waals surface area contributed by atoms with Gasteiger partial charge in [0.05, 0.1) is 6.61 Å². The van der Waals surface area contributed by atoms with E-state index in [1.165, 1.54) is 12.1 Å². The number of sulfonamides is 1. The molecular formula is C16H15F2NO5S. The van der Waals surface area contributed by atoms with E-state index in [4.69, 9.17) is 9.47 Å². The van der Waals surface area contributed by atoms with E-state index >= 15 is 0 Å². The van der Waals surface area contributed by atoms with Gasteiger partial charge in [0.25, 0.3) is 10.0 Å². The summed E-state index contributed by atoms with van der Waals surface area (Å²) in [6.45, 7) is -1.46. The Morgan fingerprint density at radius 1 is 1.08 bits per heavy atom. The zero-order chi connectivity index (χ0) is 18.3. The molecule has 2 aromatic carbocycles. The smallest absolute Gasteiger partial charge is 0.405 e. The summed E-state index contributed by atoms with van der Waals surface area (Å²) >= 11 is 0. The van der Waals surface area contributed by atoms with Gasteiger partial charge in [0.15, 0.2) is 0 Å². The zero-order valence-corrected chi connectivity index (χ0v) is 13.9. The van der Waals surface area contributed by atoms with Crippen molar-refractivity contribution < 1.29 is 31.4 Å². The molecule has 2 rings (SSSR count). The summed E-state index contributed by atoms with van der Waals surface area (Å²) in [5, 5.41) is 0. The van der Waals surface area contributed by atoms with Gasteiger partial charge in [-0.1, -0.05) is 34.7 Å². The molecule has 0 heterocycles. The van der Waals surface area contributed by atoms with E-state index in [9.17, 15) is 17.2 Å². The van der Waals surface area contributed by atoms with Crippen molar-refractivity contribution in [2.45, 2.75) is 18.4 Å². The first kappa shape index (κ1) is 18.7. The molecule has 0 aliphatic carbocycles. The van der Waals surface area contributed by atoms with E-state index in [2.05, 4.69) is 9.13 Å². The van der Waals surface area contributed by atoms with Gasteiger partial charge in [-0.25, -0.2) is 0 Å². The van der Waals surface area contributed by atoms with E-state index in [-0.39, 0.29) is 6.61 Å². The standard InChI is InChI=1S/C16H15F2NO5S/c1-2-22-16(23-12-8-4-3-5-9-12)19-25(20,21)14-11-7-6-10-13(14)24-15(17)18/h3-11,15H,2H2,1H3. The van der Waals surface area contributed by atoms with Crippen LogP contribution in [0.15, 0.2) is 63.9 Å². The van der Waals surface area contributed by atoms with Crippen LogP contribution < -0.4 is 9.47 Å². The zero-order valence-electron chi connectivity index (χ0n) is 13.1. The molecule has 0 spiro atoms. The number of rotatable bonds is 6. The molecule has 0 aromatic heterocycles. The topological polar surface area (TPSA) is 74.2 Å². The molecule has 2 aromatic rings. The van der Waals surface area contributed by atoms with E-state index in [1.807, 2.05) is 0 Å². The largest absolute Gasteiger partial charge is 0.450 e. The Balaban J connectivity index is 2.37. The molecule has 0 radical (unpaired) electrons. The van der Waals surface area contributed by atoms with Gasteiger partial charge in [-0.2, -0.15) is 17.2 Å². The molecule has 0 saturated carbocycles. The lowest BCUT2D eigenvalue weighted by molar-refractivity contribution is -0.0517. The molecule has 0 saturated heterocycles. The molecule has 0 atom stereocenters. The second-order valence-electron chi connectivity index (χ2n) is 4.51. The molecule has 9 heteroatoms. The van der Waals surface area contributed by atoms with Crippen LogP contribution in [0.1, 0.15) is 6.92 Å². The van der Waals surface area contributed by atoms with Crippen molar-refractivity contribution in [1.82, 2.24) is 0 Å². The van der Waals surface area contributed by atoms with Gasteiger partial charge in [0, 0.05) is 0 Å². The van der Waals surface area contributed by atoms with Crippen LogP contribution in [0.4, 0.5) is 8.78 Å². The summed E-state index contributed by atoms with van der Waals surface area (Å²) in [6.07, 6.45) is -0.527. The van der Waals surface area contributed by atoms with Gasteiger partial charge >= 0.3 is 12.7 Å². The first-order valence-corrected chi connectivity index (χ1v) is 8.61. The first-order valence-electron chi connectivity index (χ1n) is 7.17. The number of halogens is 2. The highest BCUT2D eigenvalue weighted by atomic mass is 32.2. The number of para-hydroxylation sites is 2. The Morgan fingerprint density at radius 2 is 1.72 bits per heavy atom. The Bertz CT molecular complexity index is 825. The maximum Gasteiger partial charge on any atom is 0.405 e. The van der Waals surface area contributed by atoms with E-state index in [0.29, 0.717) is 5.75 Å². The van der Waals surface area contributed by atoms with Crippen molar-refractivity contribution in [2.75, 3.05) is 6.61 Å². The summed E-state index contributed by atoms with van der Waals surface area (Å²) in [5.74, 6) is -0.209. The highest BCUT2D eigenvalue weighted by molar-refractivity contribution is 7.90. The fraction of sp³-hybridized carbons (Fsp3) is 0.188. The lowest BCUT2D eigenvalue weighted by Crippen LogP contribution is -2.16. The lowest BCUT2D eigenvalue weighted by Gasteiger charge is -2.11. The molecule has 0 aliphatic rings. The van der Waals surface area contributed by atoms with Crippen LogP contribution in [0.2, 0.25) is 0 Å². The predicted octanol–water partition coefficient (Wildman–Crippen LogP) is 3.45. The molecule has 0 aliphatic heterocycles. The molecule has 0 fully saturated rings. The van der Waals surface area contributed by atoms with Gasteiger partial charge in [0.1, 0.15) is 16.4 Å². The molecule has 0 bridgehead atoms. The van der Waals surface area contributed by atoms with Gasteiger partial charge < -0.3 is 14.2 Å². The Kier molecular flexibility index (Phi) is 6.29. The molecule has 0 N–H and O–H groups in total. The maximum atomic E-state index is 12.5. The quantitative estimate of drug-likeness (QED) is 0.574. The molecule has 0 amide bonds. The van der Waals surface area contributed by atoms with Gasteiger partial charge in [-0.05, 0) is 31.2 Å². The summed E-state index contributed by atoms with van der Waals surface area (Å²) in [7, 11) is -4.40. The SMILES string of the molecule is CCOC(=NS(=O)(=O)c1ccccc1OC(F)F)Oc1ccccc1. The Hall–Kier alpha value is -2.68. The van der Waals surface area contributed by atoms with Crippen molar-refractivity contribution in [3.8, 4) is 11.5 Å². The number of hydrogen-bond donors (Lipinski definition) is 0. The van der Waals surface area contributed by atoms with Crippen molar-refractivity contribution in [1.29, 1.82) is 0 Å². The molecular weight excluding hydrogens is 356 g/mol. The van der Waals surface area contributed by atoms with Gasteiger partial charge in [0.2, 0.25) is 0 Å². The second kappa shape index (κ2) is 8.43. The van der Waals surface area contributed by atoms with Gasteiger partial charge in [-0.15, -0.1) is 0 Å². The lowest BCUT2D eigenvalue weighted by atomic mass is 10.3. The molecule has 25 heavy (non-hydrogen) atoms. The predicted molar refractivity (Wildman–Crippen MR) is 86.4 cm³/mol. The van der Waals surface area contributed by atoms with Crippen LogP contribution in [-0.2, 0) is 14.8 Å². The van der Waals surface area contributed by atoms with E-state index in [1.54, 1.807) is 37.3 Å². The van der Waals surface area contributed by atoms with Crippen LogP contribution in [0.3, 0.4) is 0 Å². The summed E-state index contributed by atoms with van der Waals surface area (Å²) in [4.78, 5) is -0.524. The third-order valence-electron chi connectivity index (χ3n) is 2.75.